The van der Waals surface area contributed by atoms with Crippen LogP contribution in [0.25, 0.3) is 5.69 Å². The quantitative estimate of drug-likeness (QED) is 0.650. The van der Waals surface area contributed by atoms with Crippen molar-refractivity contribution in [2.75, 3.05) is 18.8 Å². The second kappa shape index (κ2) is 7.09. The minimum atomic E-state index is 0.141. The number of nitrogens with zero attached hydrogens (tertiary/aromatic N) is 3. The van der Waals surface area contributed by atoms with E-state index >= 15 is 0 Å². The van der Waals surface area contributed by atoms with Crippen molar-refractivity contribution in [3.05, 3.63) is 36.7 Å². The zero-order valence-corrected chi connectivity index (χ0v) is 12.6. The van der Waals surface area contributed by atoms with Gasteiger partial charge in [0.15, 0.2) is 5.69 Å². The highest BCUT2D eigenvalue weighted by atomic mass is 32.2. The summed E-state index contributed by atoms with van der Waals surface area (Å²) in [5, 5.41) is 3.85. The Kier molecular flexibility index (Phi) is 5.17. The van der Waals surface area contributed by atoms with E-state index in [2.05, 4.69) is 10.1 Å². The van der Waals surface area contributed by atoms with Gasteiger partial charge in [0.25, 0.3) is 0 Å². The standard InChI is InChI=1S/C14H18N4OS/c1-3-17(4-2)13(19)10-20-14-15-11-16-18(14)12-8-6-5-7-9-12/h5-9,11H,3-4,10H2,1-2H3/p+1. The lowest BCUT2D eigenvalue weighted by Gasteiger charge is -2.17. The number of hydrogen-bond donors (Lipinski definition) is 1. The van der Waals surface area contributed by atoms with Crippen molar-refractivity contribution in [1.29, 1.82) is 0 Å². The molecule has 5 nitrogen and oxygen atoms in total. The molecule has 0 atom stereocenters. The van der Waals surface area contributed by atoms with Gasteiger partial charge in [0, 0.05) is 13.1 Å². The number of nitrogens with one attached hydrogen (secondary N) is 1. The molecule has 2 rings (SSSR count). The Morgan fingerprint density at radius 1 is 1.30 bits per heavy atom. The highest BCUT2D eigenvalue weighted by molar-refractivity contribution is 7.99. The van der Waals surface area contributed by atoms with Crippen molar-refractivity contribution in [2.24, 2.45) is 0 Å². The summed E-state index contributed by atoms with van der Waals surface area (Å²) >= 11 is 1.45. The maximum Gasteiger partial charge on any atom is 0.385 e. The minimum Gasteiger partial charge on any atom is -0.343 e. The van der Waals surface area contributed by atoms with Crippen molar-refractivity contribution in [1.82, 2.24) is 15.0 Å². The van der Waals surface area contributed by atoms with Gasteiger partial charge in [-0.3, -0.25) is 4.79 Å². The summed E-state index contributed by atoms with van der Waals surface area (Å²) in [6, 6.07) is 9.90. The topological polar surface area (TPSA) is 52.9 Å². The summed E-state index contributed by atoms with van der Waals surface area (Å²) in [6.45, 7) is 5.47. The molecule has 20 heavy (non-hydrogen) atoms. The Bertz CT molecular complexity index is 551. The van der Waals surface area contributed by atoms with E-state index in [1.54, 1.807) is 6.33 Å². The highest BCUT2D eigenvalue weighted by Gasteiger charge is 2.19. The van der Waals surface area contributed by atoms with Crippen molar-refractivity contribution in [2.45, 2.75) is 19.0 Å². The van der Waals surface area contributed by atoms with Gasteiger partial charge < -0.3 is 4.90 Å². The van der Waals surface area contributed by atoms with Crippen LogP contribution in [0.1, 0.15) is 13.8 Å². The van der Waals surface area contributed by atoms with Crippen LogP contribution in [0.3, 0.4) is 0 Å². The number of rotatable bonds is 6. The van der Waals surface area contributed by atoms with E-state index in [4.69, 9.17) is 0 Å². The number of thioether (sulfide) groups is 1. The Morgan fingerprint density at radius 2 is 2.00 bits per heavy atom. The fourth-order valence-electron chi connectivity index (χ4n) is 1.91. The van der Waals surface area contributed by atoms with E-state index in [1.807, 2.05) is 53.8 Å². The van der Waals surface area contributed by atoms with E-state index < -0.39 is 0 Å². The lowest BCUT2D eigenvalue weighted by Crippen LogP contribution is -2.36. The molecule has 0 aliphatic heterocycles. The van der Waals surface area contributed by atoms with Crippen LogP contribution in [0.15, 0.2) is 41.8 Å². The third-order valence-corrected chi connectivity index (χ3v) is 3.95. The molecule has 0 saturated heterocycles. The van der Waals surface area contributed by atoms with Crippen LogP contribution in [-0.2, 0) is 4.79 Å². The third-order valence-electron chi connectivity index (χ3n) is 3.01. The molecule has 1 aromatic heterocycles. The molecule has 0 fully saturated rings. The molecule has 0 unspecified atom stereocenters. The fourth-order valence-corrected chi connectivity index (χ4v) is 2.76. The predicted octanol–water partition coefficient (Wildman–Crippen LogP) is 1.65. The molecule has 106 valence electrons. The van der Waals surface area contributed by atoms with E-state index in [0.717, 1.165) is 23.9 Å². The molecule has 1 amide bonds. The van der Waals surface area contributed by atoms with Gasteiger partial charge in [0.05, 0.1) is 5.75 Å². The molecule has 0 spiro atoms. The Hall–Kier alpha value is -1.82. The van der Waals surface area contributed by atoms with Gasteiger partial charge in [0.1, 0.15) is 0 Å². The Morgan fingerprint density at radius 3 is 2.65 bits per heavy atom. The van der Waals surface area contributed by atoms with Crippen LogP contribution in [-0.4, -0.2) is 39.7 Å². The third kappa shape index (κ3) is 3.39. The first-order valence-electron chi connectivity index (χ1n) is 6.67. The van der Waals surface area contributed by atoms with Gasteiger partial charge in [-0.05, 0) is 42.7 Å². The van der Waals surface area contributed by atoms with Gasteiger partial charge in [-0.25, -0.2) is 0 Å². The maximum absolute atomic E-state index is 12.0. The van der Waals surface area contributed by atoms with Gasteiger partial charge in [0.2, 0.25) is 12.2 Å². The first-order chi connectivity index (χ1) is 9.76. The van der Waals surface area contributed by atoms with Crippen molar-refractivity contribution in [3.63, 3.8) is 0 Å². The van der Waals surface area contributed by atoms with Crippen LogP contribution in [0, 0.1) is 0 Å². The second-order valence-electron chi connectivity index (χ2n) is 4.20. The summed E-state index contributed by atoms with van der Waals surface area (Å²) in [5.74, 6) is 0.543. The molecule has 0 radical (unpaired) electrons. The summed E-state index contributed by atoms with van der Waals surface area (Å²) < 4.78 is 1.88. The molecular weight excluding hydrogens is 272 g/mol. The number of carbonyl (C=O) groups is 1. The predicted molar refractivity (Wildman–Crippen MR) is 78.8 cm³/mol. The Labute approximate surface area is 123 Å². The number of amides is 1. The summed E-state index contributed by atoms with van der Waals surface area (Å²) in [5.41, 5.74) is 1.00. The van der Waals surface area contributed by atoms with E-state index in [9.17, 15) is 4.79 Å². The number of aromatic amines is 1. The molecular formula is C14H19N4OS+. The zero-order chi connectivity index (χ0) is 14.4. The molecule has 0 saturated carbocycles. The SMILES string of the molecule is CCN(CC)C(=O)CSc1nc[nH][n+]1-c1ccccc1. The van der Waals surface area contributed by atoms with Crippen molar-refractivity contribution in [3.8, 4) is 5.69 Å². The minimum absolute atomic E-state index is 0.141. The Balaban J connectivity index is 2.05. The average molecular weight is 291 g/mol. The largest absolute Gasteiger partial charge is 0.385 e. The molecule has 1 heterocycles. The number of hydrogen-bond acceptors (Lipinski definition) is 3. The summed E-state index contributed by atoms with van der Waals surface area (Å²) in [4.78, 5) is 18.1. The summed E-state index contributed by atoms with van der Waals surface area (Å²) in [7, 11) is 0. The zero-order valence-electron chi connectivity index (χ0n) is 11.7. The molecule has 1 N–H and O–H groups in total. The number of H-pyrrole nitrogens is 1. The fraction of sp³-hybridized carbons (Fsp3) is 0.357. The van der Waals surface area contributed by atoms with Crippen LogP contribution >= 0.6 is 11.8 Å². The van der Waals surface area contributed by atoms with Gasteiger partial charge in [-0.1, -0.05) is 18.2 Å². The van der Waals surface area contributed by atoms with Gasteiger partial charge in [-0.15, -0.1) is 4.68 Å². The molecule has 0 aliphatic rings. The molecule has 0 bridgehead atoms. The van der Waals surface area contributed by atoms with Gasteiger partial charge >= 0.3 is 5.16 Å². The van der Waals surface area contributed by atoms with Crippen molar-refractivity contribution < 1.29 is 9.48 Å². The second-order valence-corrected chi connectivity index (χ2v) is 5.14. The van der Waals surface area contributed by atoms with E-state index in [0.29, 0.717) is 5.75 Å². The number of aromatic nitrogens is 3. The van der Waals surface area contributed by atoms with Crippen LogP contribution in [0.2, 0.25) is 0 Å². The van der Waals surface area contributed by atoms with Crippen molar-refractivity contribution >= 4 is 17.7 Å². The average Bonchev–Trinajstić information content (AvgIpc) is 2.95. The van der Waals surface area contributed by atoms with Crippen LogP contribution in [0.5, 0.6) is 0 Å². The summed E-state index contributed by atoms with van der Waals surface area (Å²) in [6.07, 6.45) is 1.64. The first kappa shape index (κ1) is 14.6. The normalized spacial score (nSPS) is 10.5. The maximum atomic E-state index is 12.0. The van der Waals surface area contributed by atoms with Crippen LogP contribution in [0.4, 0.5) is 0 Å². The number of para-hydroxylation sites is 1. The molecule has 2 aromatic rings. The smallest absolute Gasteiger partial charge is 0.343 e. The van der Waals surface area contributed by atoms with Crippen LogP contribution < -0.4 is 4.68 Å². The lowest BCUT2D eigenvalue weighted by molar-refractivity contribution is -0.694. The molecule has 6 heteroatoms. The first-order valence-corrected chi connectivity index (χ1v) is 7.66. The van der Waals surface area contributed by atoms with E-state index in [-0.39, 0.29) is 5.91 Å². The molecule has 1 aromatic carbocycles. The lowest BCUT2D eigenvalue weighted by atomic mass is 10.3. The monoisotopic (exact) mass is 291 g/mol. The molecule has 0 aliphatic carbocycles. The number of benzene rings is 1. The van der Waals surface area contributed by atoms with Gasteiger partial charge in [-0.2, -0.15) is 5.10 Å². The number of carbonyl (C=O) groups excluding carboxylic acids is 1. The van der Waals surface area contributed by atoms with E-state index in [1.165, 1.54) is 11.8 Å². The highest BCUT2D eigenvalue weighted by Crippen LogP contribution is 2.12.